The van der Waals surface area contributed by atoms with E-state index in [4.69, 9.17) is 8.85 Å². The third kappa shape index (κ3) is 10.2. The van der Waals surface area contributed by atoms with Crippen LogP contribution in [0.25, 0.3) is 0 Å². The van der Waals surface area contributed by atoms with Crippen LogP contribution in [0.2, 0.25) is 12.6 Å². The van der Waals surface area contributed by atoms with Crippen LogP contribution in [-0.2, 0) is 15.4 Å². The van der Waals surface area contributed by atoms with E-state index in [9.17, 15) is 0 Å². The van der Waals surface area contributed by atoms with Gasteiger partial charge in [-0.05, 0) is 45.0 Å². The first kappa shape index (κ1) is 21.4. The molecule has 0 atom stereocenters. The molecular formula is C20H37NO2Si. The van der Waals surface area contributed by atoms with Gasteiger partial charge in [0.2, 0.25) is 0 Å². The molecule has 138 valence electrons. The molecule has 0 aromatic heterocycles. The lowest BCUT2D eigenvalue weighted by atomic mass is 10.1. The van der Waals surface area contributed by atoms with Crippen molar-refractivity contribution >= 4 is 8.56 Å². The molecule has 1 aromatic rings. The van der Waals surface area contributed by atoms with Crippen molar-refractivity contribution in [3.05, 3.63) is 35.9 Å². The highest BCUT2D eigenvalue weighted by atomic mass is 28.4. The van der Waals surface area contributed by atoms with E-state index in [1.165, 1.54) is 44.1 Å². The molecule has 1 N–H and O–H groups in total. The molecule has 0 aliphatic rings. The molecule has 0 amide bonds. The number of rotatable bonds is 15. The Labute approximate surface area is 150 Å². The Kier molecular flexibility index (Phi) is 12.1. The summed E-state index contributed by atoms with van der Waals surface area (Å²) in [5.41, 5.74) is 1.37. The van der Waals surface area contributed by atoms with Crippen LogP contribution in [0.3, 0.4) is 0 Å². The molecule has 0 unspecified atom stereocenters. The van der Waals surface area contributed by atoms with Gasteiger partial charge >= 0.3 is 8.56 Å². The smallest absolute Gasteiger partial charge is 0.334 e. The standard InChI is InChI=1S/C20H37NO2Si/c1-4-22-24(3,23-5-2)18-14-9-7-6-8-13-17-21-19-20-15-11-10-12-16-20/h10-12,15-16,21H,4-9,13-14,17-19H2,1-3H3. The fraction of sp³-hybridized carbons (Fsp3) is 0.700. The van der Waals surface area contributed by atoms with E-state index in [1.807, 2.05) is 0 Å². The van der Waals surface area contributed by atoms with Crippen molar-refractivity contribution in [1.29, 1.82) is 0 Å². The molecule has 0 saturated carbocycles. The summed E-state index contributed by atoms with van der Waals surface area (Å²) in [6.45, 7) is 10.00. The normalized spacial score (nSPS) is 11.8. The second-order valence-electron chi connectivity index (χ2n) is 6.53. The van der Waals surface area contributed by atoms with Crippen molar-refractivity contribution < 1.29 is 8.85 Å². The maximum absolute atomic E-state index is 5.89. The number of hydrogen-bond donors (Lipinski definition) is 1. The zero-order chi connectivity index (χ0) is 17.5. The predicted molar refractivity (Wildman–Crippen MR) is 106 cm³/mol. The van der Waals surface area contributed by atoms with Gasteiger partial charge in [-0.15, -0.1) is 0 Å². The molecule has 24 heavy (non-hydrogen) atoms. The molecule has 0 aliphatic carbocycles. The van der Waals surface area contributed by atoms with Crippen LogP contribution in [0.5, 0.6) is 0 Å². The first-order chi connectivity index (χ1) is 11.7. The summed E-state index contributed by atoms with van der Waals surface area (Å²) in [4.78, 5) is 0. The topological polar surface area (TPSA) is 30.5 Å². The largest absolute Gasteiger partial charge is 0.395 e. The van der Waals surface area contributed by atoms with Crippen molar-refractivity contribution in [2.75, 3.05) is 19.8 Å². The lowest BCUT2D eigenvalue weighted by molar-refractivity contribution is 0.188. The fourth-order valence-electron chi connectivity index (χ4n) is 3.03. The minimum Gasteiger partial charge on any atom is -0.395 e. The summed E-state index contributed by atoms with van der Waals surface area (Å²) in [6, 6.07) is 11.7. The highest BCUT2D eigenvalue weighted by Gasteiger charge is 2.29. The SMILES string of the molecule is CCO[Si](C)(CCCCCCCCNCc1ccccc1)OCC. The van der Waals surface area contributed by atoms with Crippen molar-refractivity contribution in [1.82, 2.24) is 5.32 Å². The summed E-state index contributed by atoms with van der Waals surface area (Å²) < 4.78 is 11.8. The highest BCUT2D eigenvalue weighted by Crippen LogP contribution is 2.18. The van der Waals surface area contributed by atoms with E-state index in [0.717, 1.165) is 32.3 Å². The van der Waals surface area contributed by atoms with Gasteiger partial charge < -0.3 is 14.2 Å². The molecule has 1 rings (SSSR count). The molecule has 0 spiro atoms. The Bertz CT molecular complexity index is 394. The maximum Gasteiger partial charge on any atom is 0.334 e. The van der Waals surface area contributed by atoms with E-state index >= 15 is 0 Å². The van der Waals surface area contributed by atoms with Crippen LogP contribution in [-0.4, -0.2) is 28.3 Å². The van der Waals surface area contributed by atoms with E-state index < -0.39 is 8.56 Å². The Balaban J connectivity index is 1.93. The Morgan fingerprint density at radius 1 is 0.833 bits per heavy atom. The Morgan fingerprint density at radius 3 is 2.04 bits per heavy atom. The first-order valence-corrected chi connectivity index (χ1v) is 12.2. The van der Waals surface area contributed by atoms with Crippen LogP contribution < -0.4 is 5.32 Å². The van der Waals surface area contributed by atoms with Crippen LogP contribution in [0.15, 0.2) is 30.3 Å². The molecular weight excluding hydrogens is 314 g/mol. The second-order valence-corrected chi connectivity index (χ2v) is 9.88. The molecule has 3 nitrogen and oxygen atoms in total. The zero-order valence-corrected chi connectivity index (χ0v) is 17.0. The number of unbranched alkanes of at least 4 members (excludes halogenated alkanes) is 5. The number of nitrogens with one attached hydrogen (secondary N) is 1. The van der Waals surface area contributed by atoms with Crippen molar-refractivity contribution in [2.45, 2.75) is 71.5 Å². The summed E-state index contributed by atoms with van der Waals surface area (Å²) >= 11 is 0. The van der Waals surface area contributed by atoms with Gasteiger partial charge in [-0.3, -0.25) is 0 Å². The first-order valence-electron chi connectivity index (χ1n) is 9.72. The molecule has 0 radical (unpaired) electrons. The molecule has 4 heteroatoms. The van der Waals surface area contributed by atoms with Crippen molar-refractivity contribution in [3.63, 3.8) is 0 Å². The third-order valence-electron chi connectivity index (χ3n) is 4.31. The zero-order valence-electron chi connectivity index (χ0n) is 16.0. The van der Waals surface area contributed by atoms with Crippen molar-refractivity contribution in [3.8, 4) is 0 Å². The van der Waals surface area contributed by atoms with E-state index in [0.29, 0.717) is 0 Å². The van der Waals surface area contributed by atoms with Gasteiger partial charge in [0.05, 0.1) is 0 Å². The van der Waals surface area contributed by atoms with Crippen LogP contribution in [0.4, 0.5) is 0 Å². The van der Waals surface area contributed by atoms with Crippen LogP contribution >= 0.6 is 0 Å². The van der Waals surface area contributed by atoms with Gasteiger partial charge in [0.25, 0.3) is 0 Å². The molecule has 0 fully saturated rings. The molecule has 0 saturated heterocycles. The van der Waals surface area contributed by atoms with Gasteiger partial charge in [-0.25, -0.2) is 0 Å². The summed E-state index contributed by atoms with van der Waals surface area (Å²) in [5.74, 6) is 0. The predicted octanol–water partition coefficient (Wildman–Crippen LogP) is 5.26. The third-order valence-corrected chi connectivity index (χ3v) is 7.37. The van der Waals surface area contributed by atoms with Gasteiger partial charge in [0.1, 0.15) is 0 Å². The Morgan fingerprint density at radius 2 is 1.42 bits per heavy atom. The minimum atomic E-state index is -1.88. The van der Waals surface area contributed by atoms with Gasteiger partial charge in [-0.2, -0.15) is 0 Å². The summed E-state index contributed by atoms with van der Waals surface area (Å²) in [5, 5.41) is 3.52. The minimum absolute atomic E-state index is 0.776. The van der Waals surface area contributed by atoms with Gasteiger partial charge in [0, 0.05) is 19.8 Å². The quantitative estimate of drug-likeness (QED) is 0.345. The average Bonchev–Trinajstić information content (AvgIpc) is 2.58. The van der Waals surface area contributed by atoms with Crippen LogP contribution in [0, 0.1) is 0 Å². The van der Waals surface area contributed by atoms with E-state index in [1.54, 1.807) is 0 Å². The van der Waals surface area contributed by atoms with E-state index in [2.05, 4.69) is 56.0 Å². The molecule has 0 aliphatic heterocycles. The second kappa shape index (κ2) is 13.6. The van der Waals surface area contributed by atoms with Crippen LogP contribution in [0.1, 0.15) is 57.9 Å². The summed E-state index contributed by atoms with van der Waals surface area (Å²) in [6.07, 6.45) is 7.83. The van der Waals surface area contributed by atoms with Gasteiger partial charge in [0.15, 0.2) is 0 Å². The summed E-state index contributed by atoms with van der Waals surface area (Å²) in [7, 11) is -1.88. The molecule has 0 heterocycles. The lowest BCUT2D eigenvalue weighted by Gasteiger charge is -2.25. The monoisotopic (exact) mass is 351 g/mol. The van der Waals surface area contributed by atoms with Gasteiger partial charge in [-0.1, -0.05) is 62.4 Å². The molecule has 0 bridgehead atoms. The fourth-order valence-corrected chi connectivity index (χ4v) is 5.51. The maximum atomic E-state index is 5.89. The number of benzene rings is 1. The van der Waals surface area contributed by atoms with E-state index in [-0.39, 0.29) is 0 Å². The lowest BCUT2D eigenvalue weighted by Crippen LogP contribution is -2.38. The average molecular weight is 352 g/mol. The highest BCUT2D eigenvalue weighted by molar-refractivity contribution is 6.66. The number of hydrogen-bond acceptors (Lipinski definition) is 3. The van der Waals surface area contributed by atoms with Crippen molar-refractivity contribution in [2.24, 2.45) is 0 Å². The Hall–Kier alpha value is -0.683. The molecule has 1 aromatic carbocycles.